The molecule has 0 spiro atoms. The van der Waals surface area contributed by atoms with Gasteiger partial charge in [-0.1, -0.05) is 29.8 Å². The van der Waals surface area contributed by atoms with Crippen LogP contribution >= 0.6 is 11.6 Å². The molecular formula is C16H18ClN3O. The minimum absolute atomic E-state index is 0.0989. The third-order valence-corrected chi connectivity index (χ3v) is 3.45. The molecule has 0 saturated carbocycles. The van der Waals surface area contributed by atoms with Gasteiger partial charge in [0.25, 0.3) is 0 Å². The minimum atomic E-state index is -0.226. The summed E-state index contributed by atoms with van der Waals surface area (Å²) >= 11 is 5.85. The Morgan fingerprint density at radius 3 is 2.33 bits per heavy atom. The van der Waals surface area contributed by atoms with Gasteiger partial charge in [-0.25, -0.2) is 4.79 Å². The number of aromatic nitrogens is 1. The van der Waals surface area contributed by atoms with Gasteiger partial charge in [-0.3, -0.25) is 4.98 Å². The molecule has 1 aromatic heterocycles. The van der Waals surface area contributed by atoms with E-state index in [1.807, 2.05) is 56.3 Å². The summed E-state index contributed by atoms with van der Waals surface area (Å²) in [7, 11) is 0. The molecule has 1 heterocycles. The summed E-state index contributed by atoms with van der Waals surface area (Å²) in [6.45, 7) is 3.82. The molecule has 0 aliphatic carbocycles. The number of carbonyl (C=O) groups is 1. The first-order chi connectivity index (χ1) is 10.1. The van der Waals surface area contributed by atoms with Gasteiger partial charge in [0.1, 0.15) is 0 Å². The van der Waals surface area contributed by atoms with Gasteiger partial charge >= 0.3 is 6.03 Å². The number of urea groups is 1. The molecule has 2 amide bonds. The van der Waals surface area contributed by atoms with E-state index in [1.54, 1.807) is 6.20 Å². The number of nitrogens with zero attached hydrogens (tertiary/aromatic N) is 1. The zero-order valence-corrected chi connectivity index (χ0v) is 12.8. The molecule has 4 nitrogen and oxygen atoms in total. The molecule has 2 atom stereocenters. The molecule has 2 rings (SSSR count). The van der Waals surface area contributed by atoms with Crippen LogP contribution in [-0.4, -0.2) is 11.0 Å². The van der Waals surface area contributed by atoms with Crippen molar-refractivity contribution in [3.63, 3.8) is 0 Å². The van der Waals surface area contributed by atoms with Gasteiger partial charge in [-0.05, 0) is 43.7 Å². The van der Waals surface area contributed by atoms with E-state index >= 15 is 0 Å². The van der Waals surface area contributed by atoms with Crippen LogP contribution in [0.1, 0.15) is 37.2 Å². The van der Waals surface area contributed by atoms with E-state index in [0.29, 0.717) is 5.02 Å². The number of carbonyl (C=O) groups excluding carboxylic acids is 1. The number of benzene rings is 1. The van der Waals surface area contributed by atoms with Crippen LogP contribution in [0.5, 0.6) is 0 Å². The van der Waals surface area contributed by atoms with Gasteiger partial charge in [-0.15, -0.1) is 0 Å². The lowest BCUT2D eigenvalue weighted by Crippen LogP contribution is -2.38. The highest BCUT2D eigenvalue weighted by Crippen LogP contribution is 2.16. The molecule has 1 aromatic carbocycles. The topological polar surface area (TPSA) is 54.0 Å². The number of amides is 2. The minimum Gasteiger partial charge on any atom is -0.332 e. The van der Waals surface area contributed by atoms with Crippen molar-refractivity contribution in [1.82, 2.24) is 15.6 Å². The summed E-state index contributed by atoms with van der Waals surface area (Å²) in [6, 6.07) is 12.6. The molecule has 0 bridgehead atoms. The molecule has 110 valence electrons. The summed E-state index contributed by atoms with van der Waals surface area (Å²) in [5.41, 5.74) is 1.83. The standard InChI is InChI=1S/C16H18ClN3O/c1-11(13-6-8-14(17)9-7-13)19-16(21)20-12(2)15-5-3-4-10-18-15/h3-12H,1-2H3,(H2,19,20,21). The molecule has 0 aliphatic rings. The maximum absolute atomic E-state index is 12.0. The largest absolute Gasteiger partial charge is 0.332 e. The Morgan fingerprint density at radius 1 is 1.05 bits per heavy atom. The van der Waals surface area contributed by atoms with Crippen molar-refractivity contribution < 1.29 is 4.79 Å². The highest BCUT2D eigenvalue weighted by atomic mass is 35.5. The molecule has 0 saturated heterocycles. The Hall–Kier alpha value is -2.07. The van der Waals surface area contributed by atoms with E-state index < -0.39 is 0 Å². The Labute approximate surface area is 129 Å². The molecule has 2 unspecified atom stereocenters. The smallest absolute Gasteiger partial charge is 0.315 e. The first-order valence-electron chi connectivity index (χ1n) is 6.79. The highest BCUT2D eigenvalue weighted by molar-refractivity contribution is 6.30. The molecule has 2 N–H and O–H groups in total. The first-order valence-corrected chi connectivity index (χ1v) is 7.17. The normalized spacial score (nSPS) is 13.3. The van der Waals surface area contributed by atoms with Gasteiger partial charge in [0, 0.05) is 11.2 Å². The van der Waals surface area contributed by atoms with Crippen molar-refractivity contribution in [3.8, 4) is 0 Å². The van der Waals surface area contributed by atoms with E-state index in [4.69, 9.17) is 11.6 Å². The fourth-order valence-corrected chi connectivity index (χ4v) is 2.10. The van der Waals surface area contributed by atoms with Crippen LogP contribution in [0, 0.1) is 0 Å². The molecule has 0 fully saturated rings. The van der Waals surface area contributed by atoms with E-state index in [9.17, 15) is 4.79 Å². The van der Waals surface area contributed by atoms with Crippen LogP contribution < -0.4 is 10.6 Å². The van der Waals surface area contributed by atoms with Crippen molar-refractivity contribution in [3.05, 3.63) is 64.9 Å². The van der Waals surface area contributed by atoms with Gasteiger partial charge in [0.2, 0.25) is 0 Å². The highest BCUT2D eigenvalue weighted by Gasteiger charge is 2.13. The van der Waals surface area contributed by atoms with Crippen LogP contribution in [0.4, 0.5) is 4.79 Å². The Balaban J connectivity index is 1.91. The lowest BCUT2D eigenvalue weighted by molar-refractivity contribution is 0.234. The van der Waals surface area contributed by atoms with Crippen molar-refractivity contribution in [2.75, 3.05) is 0 Å². The summed E-state index contributed by atoms with van der Waals surface area (Å²) in [5, 5.41) is 6.44. The number of hydrogen-bond acceptors (Lipinski definition) is 2. The van der Waals surface area contributed by atoms with Crippen LogP contribution in [0.3, 0.4) is 0 Å². The summed E-state index contributed by atoms with van der Waals surface area (Å²) in [6.07, 6.45) is 1.71. The van der Waals surface area contributed by atoms with Crippen molar-refractivity contribution in [1.29, 1.82) is 0 Å². The summed E-state index contributed by atoms with van der Waals surface area (Å²) in [5.74, 6) is 0. The SMILES string of the molecule is CC(NC(=O)NC(C)c1ccccn1)c1ccc(Cl)cc1. The van der Waals surface area contributed by atoms with Crippen molar-refractivity contribution in [2.24, 2.45) is 0 Å². The maximum Gasteiger partial charge on any atom is 0.315 e. The predicted molar refractivity (Wildman–Crippen MR) is 84.2 cm³/mol. The van der Waals surface area contributed by atoms with E-state index in [2.05, 4.69) is 15.6 Å². The van der Waals surface area contributed by atoms with Crippen LogP contribution in [0.2, 0.25) is 5.02 Å². The van der Waals surface area contributed by atoms with Gasteiger partial charge in [-0.2, -0.15) is 0 Å². The third-order valence-electron chi connectivity index (χ3n) is 3.20. The second-order valence-electron chi connectivity index (χ2n) is 4.87. The Kier molecular flexibility index (Phi) is 5.17. The second kappa shape index (κ2) is 7.09. The number of hydrogen-bond donors (Lipinski definition) is 2. The van der Waals surface area contributed by atoms with E-state index in [0.717, 1.165) is 11.3 Å². The zero-order chi connectivity index (χ0) is 15.2. The van der Waals surface area contributed by atoms with Gasteiger partial charge < -0.3 is 10.6 Å². The lowest BCUT2D eigenvalue weighted by Gasteiger charge is -2.18. The van der Waals surface area contributed by atoms with E-state index in [-0.39, 0.29) is 18.1 Å². The monoisotopic (exact) mass is 303 g/mol. The fraction of sp³-hybridized carbons (Fsp3) is 0.250. The third kappa shape index (κ3) is 4.46. The van der Waals surface area contributed by atoms with Crippen LogP contribution in [-0.2, 0) is 0 Å². The Morgan fingerprint density at radius 2 is 1.71 bits per heavy atom. The first kappa shape index (κ1) is 15.3. The van der Waals surface area contributed by atoms with E-state index in [1.165, 1.54) is 0 Å². The maximum atomic E-state index is 12.0. The molecule has 21 heavy (non-hydrogen) atoms. The van der Waals surface area contributed by atoms with Crippen LogP contribution in [0.25, 0.3) is 0 Å². The Bertz CT molecular complexity index is 586. The summed E-state index contributed by atoms with van der Waals surface area (Å²) < 4.78 is 0. The van der Waals surface area contributed by atoms with Crippen molar-refractivity contribution in [2.45, 2.75) is 25.9 Å². The van der Waals surface area contributed by atoms with Gasteiger partial charge in [0.15, 0.2) is 0 Å². The second-order valence-corrected chi connectivity index (χ2v) is 5.30. The summed E-state index contributed by atoms with van der Waals surface area (Å²) in [4.78, 5) is 16.2. The fourth-order valence-electron chi connectivity index (χ4n) is 1.98. The quantitative estimate of drug-likeness (QED) is 0.901. The lowest BCUT2D eigenvalue weighted by atomic mass is 10.1. The molecule has 0 aliphatic heterocycles. The van der Waals surface area contributed by atoms with Crippen LogP contribution in [0.15, 0.2) is 48.7 Å². The van der Waals surface area contributed by atoms with Crippen molar-refractivity contribution >= 4 is 17.6 Å². The predicted octanol–water partition coefficient (Wildman–Crippen LogP) is 3.86. The average Bonchev–Trinajstić information content (AvgIpc) is 2.48. The molecular weight excluding hydrogens is 286 g/mol. The number of halogens is 1. The average molecular weight is 304 g/mol. The van der Waals surface area contributed by atoms with Gasteiger partial charge in [0.05, 0.1) is 17.8 Å². The molecule has 2 aromatic rings. The number of rotatable bonds is 4. The number of pyridine rings is 1. The number of nitrogens with one attached hydrogen (secondary N) is 2. The molecule has 0 radical (unpaired) electrons. The molecule has 5 heteroatoms. The zero-order valence-electron chi connectivity index (χ0n) is 12.0.